The fourth-order valence-electron chi connectivity index (χ4n) is 1.57. The number of alkyl halides is 3. The largest absolute Gasteiger partial charge is 0.478 e. The van der Waals surface area contributed by atoms with Gasteiger partial charge in [-0.1, -0.05) is 6.92 Å². The van der Waals surface area contributed by atoms with E-state index in [9.17, 15) is 26.4 Å². The Morgan fingerprint density at radius 3 is 2.43 bits per heavy atom. The van der Waals surface area contributed by atoms with Crippen LogP contribution in [0, 0.1) is 0 Å². The van der Waals surface area contributed by atoms with Crippen molar-refractivity contribution in [2.75, 3.05) is 23.4 Å². The van der Waals surface area contributed by atoms with E-state index < -0.39 is 33.1 Å². The predicted molar refractivity (Wildman–Crippen MR) is 71.2 cm³/mol. The van der Waals surface area contributed by atoms with Crippen molar-refractivity contribution in [2.24, 2.45) is 0 Å². The first-order chi connectivity index (χ1) is 9.57. The van der Waals surface area contributed by atoms with E-state index in [2.05, 4.69) is 5.32 Å². The number of hydrogen-bond acceptors (Lipinski definition) is 4. The molecule has 0 radical (unpaired) electrons. The molecule has 2 N–H and O–H groups in total. The molecule has 0 aliphatic heterocycles. The zero-order chi connectivity index (χ0) is 16.3. The monoisotopic (exact) mass is 325 g/mol. The number of hydrogen-bond donors (Lipinski definition) is 2. The van der Waals surface area contributed by atoms with Gasteiger partial charge in [-0.05, 0) is 18.2 Å². The SMILES string of the molecule is CCS(=O)(=O)CCNc1ccc(C(=O)O)c(C(F)(F)F)c1. The van der Waals surface area contributed by atoms with Crippen LogP contribution in [0.15, 0.2) is 18.2 Å². The van der Waals surface area contributed by atoms with Gasteiger partial charge >= 0.3 is 12.1 Å². The summed E-state index contributed by atoms with van der Waals surface area (Å²) in [4.78, 5) is 10.8. The number of rotatable bonds is 6. The average Bonchev–Trinajstić information content (AvgIpc) is 2.37. The molecule has 1 rings (SSSR count). The standard InChI is InChI=1S/C12H14F3NO4S/c1-2-21(19,20)6-5-16-8-3-4-9(11(17)18)10(7-8)12(13,14)15/h3-4,7,16H,2,5-6H2,1H3,(H,17,18). The maximum Gasteiger partial charge on any atom is 0.417 e. The minimum Gasteiger partial charge on any atom is -0.478 e. The average molecular weight is 325 g/mol. The first-order valence-corrected chi connectivity index (χ1v) is 7.78. The topological polar surface area (TPSA) is 83.5 Å². The molecule has 0 heterocycles. The Morgan fingerprint density at radius 2 is 1.95 bits per heavy atom. The maximum atomic E-state index is 12.8. The van der Waals surface area contributed by atoms with Gasteiger partial charge in [0.05, 0.1) is 16.9 Å². The van der Waals surface area contributed by atoms with Crippen LogP contribution in [0.5, 0.6) is 0 Å². The Hall–Kier alpha value is -1.77. The van der Waals surface area contributed by atoms with Gasteiger partial charge in [0.1, 0.15) is 0 Å². The number of nitrogens with one attached hydrogen (secondary N) is 1. The molecule has 0 saturated heterocycles. The third kappa shape index (κ3) is 4.92. The van der Waals surface area contributed by atoms with Gasteiger partial charge in [0.15, 0.2) is 9.84 Å². The van der Waals surface area contributed by atoms with Gasteiger partial charge in [0.25, 0.3) is 0 Å². The zero-order valence-electron chi connectivity index (χ0n) is 11.1. The molecule has 0 bridgehead atoms. The van der Waals surface area contributed by atoms with Crippen LogP contribution in [0.25, 0.3) is 0 Å². The second-order valence-corrected chi connectivity index (χ2v) is 6.70. The molecule has 0 saturated carbocycles. The first kappa shape index (κ1) is 17.3. The van der Waals surface area contributed by atoms with E-state index in [0.717, 1.165) is 12.1 Å². The van der Waals surface area contributed by atoms with Crippen LogP contribution in [0.2, 0.25) is 0 Å². The molecule has 0 fully saturated rings. The summed E-state index contributed by atoms with van der Waals surface area (Å²) in [5.74, 6) is -1.95. The van der Waals surface area contributed by atoms with Crippen molar-refractivity contribution in [2.45, 2.75) is 13.1 Å². The van der Waals surface area contributed by atoms with Crippen LogP contribution in [0.1, 0.15) is 22.8 Å². The lowest BCUT2D eigenvalue weighted by atomic mass is 10.1. The van der Waals surface area contributed by atoms with Crippen LogP contribution in [-0.2, 0) is 16.0 Å². The van der Waals surface area contributed by atoms with Crippen molar-refractivity contribution in [3.63, 3.8) is 0 Å². The third-order valence-electron chi connectivity index (χ3n) is 2.74. The van der Waals surface area contributed by atoms with E-state index in [1.807, 2.05) is 0 Å². The second-order valence-electron chi connectivity index (χ2n) is 4.23. The van der Waals surface area contributed by atoms with Gasteiger partial charge in [-0.15, -0.1) is 0 Å². The number of halogens is 3. The molecule has 5 nitrogen and oxygen atoms in total. The molecule has 0 aliphatic carbocycles. The molecule has 0 unspecified atom stereocenters. The van der Waals surface area contributed by atoms with Crippen LogP contribution in [0.4, 0.5) is 18.9 Å². The number of benzene rings is 1. The minimum absolute atomic E-state index is 0.0126. The van der Waals surface area contributed by atoms with Crippen molar-refractivity contribution in [3.8, 4) is 0 Å². The third-order valence-corrected chi connectivity index (χ3v) is 4.44. The first-order valence-electron chi connectivity index (χ1n) is 5.95. The summed E-state index contributed by atoms with van der Waals surface area (Å²) in [5.41, 5.74) is -2.12. The summed E-state index contributed by atoms with van der Waals surface area (Å²) in [5, 5.41) is 11.3. The van der Waals surface area contributed by atoms with Crippen molar-refractivity contribution >= 4 is 21.5 Å². The summed E-state index contributed by atoms with van der Waals surface area (Å²) in [6.07, 6.45) is -4.80. The zero-order valence-corrected chi connectivity index (χ0v) is 11.9. The fourth-order valence-corrected chi connectivity index (χ4v) is 2.27. The van der Waals surface area contributed by atoms with Crippen LogP contribution in [-0.4, -0.2) is 37.5 Å². The van der Waals surface area contributed by atoms with Gasteiger partial charge in [-0.3, -0.25) is 0 Å². The second kappa shape index (κ2) is 6.33. The highest BCUT2D eigenvalue weighted by Gasteiger charge is 2.35. The van der Waals surface area contributed by atoms with Crippen LogP contribution < -0.4 is 5.32 Å². The summed E-state index contributed by atoms with van der Waals surface area (Å²) in [6.45, 7) is 1.42. The van der Waals surface area contributed by atoms with Crippen molar-refractivity contribution in [3.05, 3.63) is 29.3 Å². The molecule has 118 valence electrons. The van der Waals surface area contributed by atoms with E-state index in [0.29, 0.717) is 6.07 Å². The summed E-state index contributed by atoms with van der Waals surface area (Å²) < 4.78 is 60.8. The highest BCUT2D eigenvalue weighted by atomic mass is 32.2. The van der Waals surface area contributed by atoms with E-state index in [1.54, 1.807) is 0 Å². The molecule has 0 amide bonds. The maximum absolute atomic E-state index is 12.8. The normalized spacial score (nSPS) is 12.2. The fraction of sp³-hybridized carbons (Fsp3) is 0.417. The summed E-state index contributed by atoms with van der Waals surface area (Å²) in [6, 6.07) is 2.65. The Morgan fingerprint density at radius 1 is 1.33 bits per heavy atom. The van der Waals surface area contributed by atoms with Crippen molar-refractivity contribution in [1.82, 2.24) is 0 Å². The highest BCUT2D eigenvalue weighted by molar-refractivity contribution is 7.91. The number of sulfone groups is 1. The van der Waals surface area contributed by atoms with E-state index >= 15 is 0 Å². The van der Waals surface area contributed by atoms with Gasteiger partial charge in [0.2, 0.25) is 0 Å². The van der Waals surface area contributed by atoms with Crippen LogP contribution in [0.3, 0.4) is 0 Å². The lowest BCUT2D eigenvalue weighted by molar-refractivity contribution is -0.138. The molecule has 9 heteroatoms. The number of carboxylic acids is 1. The number of carboxylic acid groups (broad SMARTS) is 1. The Kier molecular flexibility index (Phi) is 5.21. The molecule has 21 heavy (non-hydrogen) atoms. The Balaban J connectivity index is 2.94. The Labute approximate surface area is 119 Å². The summed E-state index contributed by atoms with van der Waals surface area (Å²) >= 11 is 0. The molecule has 0 spiro atoms. The van der Waals surface area contributed by atoms with E-state index in [4.69, 9.17) is 5.11 Å². The lowest BCUT2D eigenvalue weighted by Crippen LogP contribution is -2.18. The van der Waals surface area contributed by atoms with Crippen molar-refractivity contribution < 1.29 is 31.5 Å². The predicted octanol–water partition coefficient (Wildman–Crippen LogP) is 2.25. The lowest BCUT2D eigenvalue weighted by Gasteiger charge is -2.13. The number of anilines is 1. The quantitative estimate of drug-likeness (QED) is 0.838. The van der Waals surface area contributed by atoms with Crippen molar-refractivity contribution in [1.29, 1.82) is 0 Å². The smallest absolute Gasteiger partial charge is 0.417 e. The number of aromatic carboxylic acids is 1. The van der Waals surface area contributed by atoms with Gasteiger partial charge in [0, 0.05) is 18.0 Å². The molecular formula is C12H14F3NO4S. The van der Waals surface area contributed by atoms with Gasteiger partial charge in [-0.2, -0.15) is 13.2 Å². The summed E-state index contributed by atoms with van der Waals surface area (Å²) in [7, 11) is -3.23. The van der Waals surface area contributed by atoms with E-state index in [1.165, 1.54) is 6.92 Å². The minimum atomic E-state index is -4.80. The van der Waals surface area contributed by atoms with E-state index in [-0.39, 0.29) is 23.7 Å². The Bertz CT molecular complexity index is 626. The molecule has 0 atom stereocenters. The molecular weight excluding hydrogens is 311 g/mol. The number of carbonyl (C=O) groups is 1. The highest BCUT2D eigenvalue weighted by Crippen LogP contribution is 2.33. The molecule has 1 aromatic carbocycles. The molecule has 0 aliphatic rings. The van der Waals surface area contributed by atoms with Crippen LogP contribution >= 0.6 is 0 Å². The molecule has 1 aromatic rings. The van der Waals surface area contributed by atoms with Gasteiger partial charge < -0.3 is 10.4 Å². The molecule has 0 aromatic heterocycles. The van der Waals surface area contributed by atoms with Gasteiger partial charge in [-0.25, -0.2) is 13.2 Å².